The summed E-state index contributed by atoms with van der Waals surface area (Å²) >= 11 is 1.30. The number of carbonyl (C=O) groups excluding carboxylic acids is 1. The minimum atomic E-state index is -0.0811. The summed E-state index contributed by atoms with van der Waals surface area (Å²) in [6.07, 6.45) is 0.205. The lowest BCUT2D eigenvalue weighted by atomic mass is 9.94. The van der Waals surface area contributed by atoms with Crippen molar-refractivity contribution in [2.24, 2.45) is 0 Å². The summed E-state index contributed by atoms with van der Waals surface area (Å²) in [7, 11) is 0. The molecule has 0 aliphatic carbocycles. The molecule has 0 unspecified atom stereocenters. The molecule has 0 atom stereocenters. The van der Waals surface area contributed by atoms with Crippen molar-refractivity contribution >= 4 is 17.3 Å². The molecule has 5 nitrogen and oxygen atoms in total. The third-order valence-corrected chi connectivity index (χ3v) is 7.14. The maximum atomic E-state index is 13.8. The highest BCUT2D eigenvalue weighted by Crippen LogP contribution is 2.38. The predicted molar refractivity (Wildman–Crippen MR) is 136 cm³/mol. The average molecular weight is 471 g/mol. The number of likely N-dealkylation sites (tertiary alicyclic amines) is 1. The first-order valence-electron chi connectivity index (χ1n) is 11.4. The smallest absolute Gasteiger partial charge is 0.196 e. The standard InChI is InChI=1S/C28H26N2O3S/c1-3-30-16-23(17-30)33-22-14-10-19(11-15-22)27(32)25-26(24-7-5-4-6-18(24)2)29-34-28(25)20-8-12-21(31)13-9-20/h4-15,23,31H,3,16-17H2,1-2H3. The Labute approximate surface area is 203 Å². The Bertz CT molecular complexity index is 1310. The monoisotopic (exact) mass is 470 g/mol. The van der Waals surface area contributed by atoms with Crippen LogP contribution in [0.5, 0.6) is 11.5 Å². The molecule has 0 bridgehead atoms. The van der Waals surface area contributed by atoms with Crippen LogP contribution in [0.4, 0.5) is 0 Å². The molecule has 1 aliphatic heterocycles. The average Bonchev–Trinajstić information content (AvgIpc) is 3.26. The van der Waals surface area contributed by atoms with Crippen LogP contribution < -0.4 is 4.74 Å². The molecule has 1 aromatic heterocycles. The number of hydrogen-bond acceptors (Lipinski definition) is 6. The van der Waals surface area contributed by atoms with Crippen LogP contribution in [0.3, 0.4) is 0 Å². The van der Waals surface area contributed by atoms with E-state index >= 15 is 0 Å². The van der Waals surface area contributed by atoms with Gasteiger partial charge in [-0.1, -0.05) is 31.2 Å². The third kappa shape index (κ3) is 4.34. The Morgan fingerprint density at radius 1 is 1.06 bits per heavy atom. The SMILES string of the molecule is CCN1CC(Oc2ccc(C(=O)c3c(-c4ccccc4C)nsc3-c3ccc(O)cc3)cc2)C1. The van der Waals surface area contributed by atoms with Crippen LogP contribution in [0, 0.1) is 6.92 Å². The summed E-state index contributed by atoms with van der Waals surface area (Å²) in [5.41, 5.74) is 4.71. The zero-order chi connectivity index (χ0) is 23.7. The summed E-state index contributed by atoms with van der Waals surface area (Å²) in [5.74, 6) is 0.880. The van der Waals surface area contributed by atoms with Gasteiger partial charge in [0.1, 0.15) is 17.6 Å². The van der Waals surface area contributed by atoms with Gasteiger partial charge < -0.3 is 9.84 Å². The normalized spacial score (nSPS) is 14.1. The number of rotatable bonds is 7. The Morgan fingerprint density at radius 2 is 1.76 bits per heavy atom. The Hall–Kier alpha value is -3.48. The van der Waals surface area contributed by atoms with E-state index in [0.29, 0.717) is 16.8 Å². The van der Waals surface area contributed by atoms with Crippen molar-refractivity contribution in [3.63, 3.8) is 0 Å². The van der Waals surface area contributed by atoms with Gasteiger partial charge in [-0.15, -0.1) is 0 Å². The van der Waals surface area contributed by atoms with Gasteiger partial charge in [0.2, 0.25) is 0 Å². The Kier molecular flexibility index (Phi) is 6.18. The fourth-order valence-electron chi connectivity index (χ4n) is 4.21. The summed E-state index contributed by atoms with van der Waals surface area (Å²) in [5, 5.41) is 9.72. The zero-order valence-electron chi connectivity index (χ0n) is 19.2. The number of aromatic hydroxyl groups is 1. The molecule has 5 rings (SSSR count). The van der Waals surface area contributed by atoms with E-state index in [0.717, 1.165) is 47.0 Å². The molecule has 6 heteroatoms. The highest BCUT2D eigenvalue weighted by Gasteiger charge is 2.27. The molecule has 0 spiro atoms. The minimum Gasteiger partial charge on any atom is -0.508 e. The Balaban J connectivity index is 1.50. The number of carbonyl (C=O) groups is 1. The molecule has 0 amide bonds. The zero-order valence-corrected chi connectivity index (χ0v) is 20.0. The minimum absolute atomic E-state index is 0.0811. The predicted octanol–water partition coefficient (Wildman–Crippen LogP) is 5.81. The first kappa shape index (κ1) is 22.3. The largest absolute Gasteiger partial charge is 0.508 e. The molecule has 1 aliphatic rings. The lowest BCUT2D eigenvalue weighted by Gasteiger charge is -2.38. The van der Waals surface area contributed by atoms with Crippen LogP contribution in [-0.2, 0) is 0 Å². The highest BCUT2D eigenvalue weighted by atomic mass is 32.1. The molecular weight excluding hydrogens is 444 g/mol. The number of ketones is 1. The van der Waals surface area contributed by atoms with E-state index in [-0.39, 0.29) is 17.6 Å². The van der Waals surface area contributed by atoms with Crippen LogP contribution in [0.25, 0.3) is 21.7 Å². The second kappa shape index (κ2) is 9.41. The molecule has 172 valence electrons. The number of aryl methyl sites for hydroxylation is 1. The number of benzene rings is 3. The number of phenols is 1. The van der Waals surface area contributed by atoms with Crippen molar-refractivity contribution in [2.75, 3.05) is 19.6 Å². The highest BCUT2D eigenvalue weighted by molar-refractivity contribution is 7.10. The van der Waals surface area contributed by atoms with E-state index in [9.17, 15) is 9.90 Å². The Morgan fingerprint density at radius 3 is 2.44 bits per heavy atom. The number of likely N-dealkylation sites (N-methyl/N-ethyl adjacent to an activating group) is 1. The fraction of sp³-hybridized carbons (Fsp3) is 0.214. The molecule has 4 aromatic rings. The van der Waals surface area contributed by atoms with Gasteiger partial charge >= 0.3 is 0 Å². The third-order valence-electron chi connectivity index (χ3n) is 6.24. The van der Waals surface area contributed by atoms with Gasteiger partial charge in [0.05, 0.1) is 16.1 Å². The van der Waals surface area contributed by atoms with Gasteiger partial charge in [-0.25, -0.2) is 0 Å². The molecule has 1 fully saturated rings. The van der Waals surface area contributed by atoms with Gasteiger partial charge in [0.15, 0.2) is 5.78 Å². The van der Waals surface area contributed by atoms with Crippen LogP contribution in [0.1, 0.15) is 28.4 Å². The van der Waals surface area contributed by atoms with Gasteiger partial charge in [0, 0.05) is 24.2 Å². The van der Waals surface area contributed by atoms with Gasteiger partial charge in [-0.2, -0.15) is 4.37 Å². The molecule has 1 N–H and O–H groups in total. The summed E-state index contributed by atoms with van der Waals surface area (Å²) in [6.45, 7) is 7.08. The van der Waals surface area contributed by atoms with Crippen molar-refractivity contribution in [1.82, 2.24) is 9.27 Å². The van der Waals surface area contributed by atoms with Gasteiger partial charge in [-0.05, 0) is 84.7 Å². The molecule has 34 heavy (non-hydrogen) atoms. The summed E-state index contributed by atoms with van der Waals surface area (Å²) < 4.78 is 10.7. The van der Waals surface area contributed by atoms with Crippen molar-refractivity contribution in [2.45, 2.75) is 20.0 Å². The second-order valence-electron chi connectivity index (χ2n) is 8.54. The number of nitrogens with zero attached hydrogens (tertiary/aromatic N) is 2. The second-order valence-corrected chi connectivity index (χ2v) is 9.32. The molecule has 0 saturated carbocycles. The number of ether oxygens (including phenoxy) is 1. The van der Waals surface area contributed by atoms with Crippen molar-refractivity contribution in [1.29, 1.82) is 0 Å². The molecule has 0 radical (unpaired) electrons. The van der Waals surface area contributed by atoms with Gasteiger partial charge in [-0.3, -0.25) is 9.69 Å². The van der Waals surface area contributed by atoms with E-state index in [4.69, 9.17) is 9.11 Å². The summed E-state index contributed by atoms with van der Waals surface area (Å²) in [6, 6.07) is 22.2. The first-order chi connectivity index (χ1) is 16.5. The van der Waals surface area contributed by atoms with E-state index in [1.165, 1.54) is 11.5 Å². The molecular formula is C28H26N2O3S. The van der Waals surface area contributed by atoms with Gasteiger partial charge in [0.25, 0.3) is 0 Å². The maximum Gasteiger partial charge on any atom is 0.196 e. The van der Waals surface area contributed by atoms with Crippen LogP contribution in [0.15, 0.2) is 72.8 Å². The molecule has 3 aromatic carbocycles. The van der Waals surface area contributed by atoms with E-state index in [1.807, 2.05) is 67.6 Å². The maximum absolute atomic E-state index is 13.8. The quantitative estimate of drug-likeness (QED) is 0.346. The van der Waals surface area contributed by atoms with E-state index < -0.39 is 0 Å². The van der Waals surface area contributed by atoms with Crippen LogP contribution >= 0.6 is 11.5 Å². The molecule has 1 saturated heterocycles. The fourth-order valence-corrected chi connectivity index (χ4v) is 5.10. The first-order valence-corrected chi connectivity index (χ1v) is 12.2. The lowest BCUT2D eigenvalue weighted by Crippen LogP contribution is -2.53. The molecule has 2 heterocycles. The summed E-state index contributed by atoms with van der Waals surface area (Å²) in [4.78, 5) is 16.9. The van der Waals surface area contributed by atoms with E-state index in [2.05, 4.69) is 11.8 Å². The topological polar surface area (TPSA) is 62.7 Å². The van der Waals surface area contributed by atoms with Crippen LogP contribution in [-0.4, -0.2) is 45.9 Å². The van der Waals surface area contributed by atoms with Crippen molar-refractivity contribution in [3.8, 4) is 33.2 Å². The van der Waals surface area contributed by atoms with E-state index in [1.54, 1.807) is 12.1 Å². The number of hydrogen-bond donors (Lipinski definition) is 1. The van der Waals surface area contributed by atoms with Crippen molar-refractivity contribution < 1.29 is 14.6 Å². The van der Waals surface area contributed by atoms with Crippen LogP contribution in [0.2, 0.25) is 0 Å². The lowest BCUT2D eigenvalue weighted by molar-refractivity contribution is 0.0238. The number of aromatic nitrogens is 1. The van der Waals surface area contributed by atoms with Crippen molar-refractivity contribution in [3.05, 3.63) is 89.5 Å². The number of phenolic OH excluding ortho intramolecular Hbond substituents is 1.